The highest BCUT2D eigenvalue weighted by molar-refractivity contribution is 5.95. The molecule has 0 unspecified atom stereocenters. The van der Waals surface area contributed by atoms with Gasteiger partial charge in [-0.05, 0) is 68.0 Å². The van der Waals surface area contributed by atoms with Gasteiger partial charge in [0.25, 0.3) is 0 Å². The van der Waals surface area contributed by atoms with E-state index in [0.717, 1.165) is 16.9 Å². The van der Waals surface area contributed by atoms with Gasteiger partial charge in [0.1, 0.15) is 11.5 Å². The lowest BCUT2D eigenvalue weighted by Gasteiger charge is -2.14. The molecule has 1 heterocycles. The first-order chi connectivity index (χ1) is 14.5. The molecule has 0 aliphatic heterocycles. The van der Waals surface area contributed by atoms with Gasteiger partial charge in [-0.25, -0.2) is 0 Å². The minimum Gasteiger partial charge on any atom is -0.494 e. The summed E-state index contributed by atoms with van der Waals surface area (Å²) in [4.78, 5) is 12.5. The van der Waals surface area contributed by atoms with Crippen molar-refractivity contribution in [2.24, 2.45) is 0 Å². The third kappa shape index (κ3) is 5.05. The number of nitrogens with zero attached hydrogens (tertiary/aromatic N) is 4. The first-order valence-electron chi connectivity index (χ1n) is 9.81. The van der Waals surface area contributed by atoms with Gasteiger partial charge in [-0.2, -0.15) is 4.68 Å². The Kier molecular flexibility index (Phi) is 6.84. The van der Waals surface area contributed by atoms with Gasteiger partial charge in [-0.3, -0.25) is 4.79 Å². The lowest BCUT2D eigenvalue weighted by atomic mass is 10.2. The minimum absolute atomic E-state index is 0.0848. The van der Waals surface area contributed by atoms with Crippen LogP contribution in [0, 0.1) is 13.8 Å². The standard InChI is InChI=1S/C21H26N6O3/c1-5-29-17-9-10-20(30-6-2)18(12-17)23-21(28)13-22-16-8-7-14(3)19(11-16)27-15(4)24-25-26-27/h7-12,22H,5-6,13H2,1-4H3,(H,23,28). The maximum atomic E-state index is 12.5. The molecule has 3 rings (SSSR count). The number of hydrogen-bond donors (Lipinski definition) is 2. The van der Waals surface area contributed by atoms with Gasteiger partial charge in [0.2, 0.25) is 5.91 Å². The molecule has 0 saturated heterocycles. The first-order valence-corrected chi connectivity index (χ1v) is 9.81. The second-order valence-electron chi connectivity index (χ2n) is 6.56. The van der Waals surface area contributed by atoms with Gasteiger partial charge < -0.3 is 20.1 Å². The van der Waals surface area contributed by atoms with Crippen molar-refractivity contribution in [1.29, 1.82) is 0 Å². The summed E-state index contributed by atoms with van der Waals surface area (Å²) < 4.78 is 12.8. The highest BCUT2D eigenvalue weighted by Crippen LogP contribution is 2.29. The molecule has 0 radical (unpaired) electrons. The summed E-state index contributed by atoms with van der Waals surface area (Å²) in [5.41, 5.74) is 3.23. The van der Waals surface area contributed by atoms with Crippen LogP contribution in [0.1, 0.15) is 25.2 Å². The molecule has 0 saturated carbocycles. The number of carbonyl (C=O) groups is 1. The maximum absolute atomic E-state index is 12.5. The summed E-state index contributed by atoms with van der Waals surface area (Å²) >= 11 is 0. The van der Waals surface area contributed by atoms with E-state index in [4.69, 9.17) is 9.47 Å². The van der Waals surface area contributed by atoms with Crippen LogP contribution in [0.3, 0.4) is 0 Å². The predicted octanol–water partition coefficient (Wildman–Crippen LogP) is 3.13. The Morgan fingerprint density at radius 1 is 1.07 bits per heavy atom. The van der Waals surface area contributed by atoms with Crippen molar-refractivity contribution in [3.05, 3.63) is 47.8 Å². The summed E-state index contributed by atoms with van der Waals surface area (Å²) in [7, 11) is 0. The monoisotopic (exact) mass is 410 g/mol. The van der Waals surface area contributed by atoms with E-state index in [1.54, 1.807) is 16.8 Å². The number of ether oxygens (including phenoxy) is 2. The molecule has 2 aromatic carbocycles. The summed E-state index contributed by atoms with van der Waals surface area (Å²) in [5, 5.41) is 17.6. The van der Waals surface area contributed by atoms with E-state index < -0.39 is 0 Å². The van der Waals surface area contributed by atoms with Crippen molar-refractivity contribution < 1.29 is 14.3 Å². The molecule has 3 aromatic rings. The number of anilines is 2. The zero-order chi connectivity index (χ0) is 21.5. The number of aromatic nitrogens is 4. The Morgan fingerprint density at radius 2 is 1.87 bits per heavy atom. The molecular formula is C21H26N6O3. The largest absolute Gasteiger partial charge is 0.494 e. The van der Waals surface area contributed by atoms with Crippen molar-refractivity contribution in [3.63, 3.8) is 0 Å². The molecule has 0 fully saturated rings. The Morgan fingerprint density at radius 3 is 2.57 bits per heavy atom. The third-order valence-corrected chi connectivity index (χ3v) is 4.35. The molecule has 1 aromatic heterocycles. The lowest BCUT2D eigenvalue weighted by Crippen LogP contribution is -2.22. The molecule has 0 aliphatic carbocycles. The van der Waals surface area contributed by atoms with E-state index in [-0.39, 0.29) is 12.5 Å². The highest BCUT2D eigenvalue weighted by Gasteiger charge is 2.11. The topological polar surface area (TPSA) is 103 Å². The van der Waals surface area contributed by atoms with E-state index in [2.05, 4.69) is 26.2 Å². The van der Waals surface area contributed by atoms with Crippen LogP contribution in [-0.4, -0.2) is 45.9 Å². The van der Waals surface area contributed by atoms with Crippen LogP contribution in [0.4, 0.5) is 11.4 Å². The lowest BCUT2D eigenvalue weighted by molar-refractivity contribution is -0.114. The average molecular weight is 410 g/mol. The molecule has 2 N–H and O–H groups in total. The van der Waals surface area contributed by atoms with Crippen LogP contribution in [0.25, 0.3) is 5.69 Å². The van der Waals surface area contributed by atoms with E-state index in [0.29, 0.717) is 36.2 Å². The van der Waals surface area contributed by atoms with Crippen molar-refractivity contribution in [1.82, 2.24) is 20.2 Å². The zero-order valence-electron chi connectivity index (χ0n) is 17.6. The quantitative estimate of drug-likeness (QED) is 0.559. The fourth-order valence-electron chi connectivity index (χ4n) is 2.92. The van der Waals surface area contributed by atoms with Crippen molar-refractivity contribution in [2.75, 3.05) is 30.4 Å². The van der Waals surface area contributed by atoms with Crippen LogP contribution >= 0.6 is 0 Å². The van der Waals surface area contributed by atoms with Crippen LogP contribution in [0.15, 0.2) is 36.4 Å². The summed E-state index contributed by atoms with van der Waals surface area (Å²) in [6.07, 6.45) is 0. The number of tetrazole rings is 1. The first kappa shape index (κ1) is 21.1. The fourth-order valence-corrected chi connectivity index (χ4v) is 2.92. The van der Waals surface area contributed by atoms with E-state index in [1.807, 2.05) is 52.0 Å². The van der Waals surface area contributed by atoms with E-state index in [1.165, 1.54) is 0 Å². The summed E-state index contributed by atoms with van der Waals surface area (Å²) in [6.45, 7) is 8.74. The number of benzene rings is 2. The third-order valence-electron chi connectivity index (χ3n) is 4.35. The SMILES string of the molecule is CCOc1ccc(OCC)c(NC(=O)CNc2ccc(C)c(-n3nnnc3C)c2)c1. The van der Waals surface area contributed by atoms with Gasteiger partial charge in [0, 0.05) is 11.8 Å². The van der Waals surface area contributed by atoms with Gasteiger partial charge in [0.15, 0.2) is 5.82 Å². The molecule has 9 nitrogen and oxygen atoms in total. The maximum Gasteiger partial charge on any atom is 0.243 e. The molecule has 0 bridgehead atoms. The number of rotatable bonds is 9. The summed E-state index contributed by atoms with van der Waals surface area (Å²) in [5.74, 6) is 1.75. The second kappa shape index (κ2) is 9.73. The van der Waals surface area contributed by atoms with Gasteiger partial charge in [0.05, 0.1) is 31.1 Å². The average Bonchev–Trinajstić information content (AvgIpc) is 3.15. The van der Waals surface area contributed by atoms with Gasteiger partial charge in [-0.15, -0.1) is 5.10 Å². The van der Waals surface area contributed by atoms with Gasteiger partial charge in [-0.1, -0.05) is 6.07 Å². The van der Waals surface area contributed by atoms with Crippen molar-refractivity contribution in [3.8, 4) is 17.2 Å². The van der Waals surface area contributed by atoms with Crippen LogP contribution in [0.5, 0.6) is 11.5 Å². The molecule has 1 amide bonds. The zero-order valence-corrected chi connectivity index (χ0v) is 17.6. The highest BCUT2D eigenvalue weighted by atomic mass is 16.5. The minimum atomic E-state index is -0.203. The van der Waals surface area contributed by atoms with E-state index in [9.17, 15) is 4.79 Å². The number of aryl methyl sites for hydroxylation is 2. The molecular weight excluding hydrogens is 384 g/mol. The van der Waals surface area contributed by atoms with Crippen molar-refractivity contribution in [2.45, 2.75) is 27.7 Å². The Hall–Kier alpha value is -3.62. The Balaban J connectivity index is 1.69. The second-order valence-corrected chi connectivity index (χ2v) is 6.56. The molecule has 158 valence electrons. The normalized spacial score (nSPS) is 10.5. The number of carbonyl (C=O) groups excluding carboxylic acids is 1. The molecule has 0 spiro atoms. The summed E-state index contributed by atoms with van der Waals surface area (Å²) in [6, 6.07) is 11.1. The molecule has 30 heavy (non-hydrogen) atoms. The Labute approximate surface area is 175 Å². The van der Waals surface area contributed by atoms with Crippen LogP contribution in [0.2, 0.25) is 0 Å². The van der Waals surface area contributed by atoms with Crippen LogP contribution < -0.4 is 20.1 Å². The number of hydrogen-bond acceptors (Lipinski definition) is 7. The number of amides is 1. The molecule has 0 aliphatic rings. The van der Waals surface area contributed by atoms with E-state index >= 15 is 0 Å². The predicted molar refractivity (Wildman–Crippen MR) is 115 cm³/mol. The number of nitrogens with one attached hydrogen (secondary N) is 2. The molecule has 0 atom stereocenters. The van der Waals surface area contributed by atoms with Crippen LogP contribution in [-0.2, 0) is 4.79 Å². The smallest absolute Gasteiger partial charge is 0.243 e. The van der Waals surface area contributed by atoms with Crippen molar-refractivity contribution >= 4 is 17.3 Å². The Bertz CT molecular complexity index is 1020. The van der Waals surface area contributed by atoms with Gasteiger partial charge >= 0.3 is 0 Å². The molecule has 9 heteroatoms. The fraction of sp³-hybridized carbons (Fsp3) is 0.333.